The van der Waals surface area contributed by atoms with Crippen molar-refractivity contribution >= 4 is 29.0 Å². The minimum atomic E-state index is -0.520. The molecule has 0 aromatic heterocycles. The lowest BCUT2D eigenvalue weighted by Crippen LogP contribution is -2.33. The minimum absolute atomic E-state index is 0.104. The predicted octanol–water partition coefficient (Wildman–Crippen LogP) is 2.65. The van der Waals surface area contributed by atoms with Crippen LogP contribution in [0.1, 0.15) is 29.6 Å². The Bertz CT molecular complexity index is 550. The normalized spacial score (nSPS) is 21.0. The molecule has 2 N–H and O–H groups in total. The molecule has 1 aromatic carbocycles. The maximum atomic E-state index is 12.3. The van der Waals surface area contributed by atoms with Gasteiger partial charge in [0.2, 0.25) is 0 Å². The van der Waals surface area contributed by atoms with E-state index in [0.29, 0.717) is 10.9 Å². The number of hydrogen-bond acceptors (Lipinski definition) is 5. The molecule has 0 spiro atoms. The fraction of sp³-hybridized carbons (Fsp3) is 0.500. The van der Waals surface area contributed by atoms with Gasteiger partial charge >= 0.3 is 0 Å². The average molecular weight is 309 g/mol. The number of hydrogen-bond donors (Lipinski definition) is 2. The average Bonchev–Trinajstić information content (AvgIpc) is 2.94. The molecular weight excluding hydrogens is 290 g/mol. The van der Waals surface area contributed by atoms with Crippen molar-refractivity contribution in [2.24, 2.45) is 0 Å². The smallest absolute Gasteiger partial charge is 0.282 e. The van der Waals surface area contributed by atoms with Gasteiger partial charge in [0.15, 0.2) is 0 Å². The van der Waals surface area contributed by atoms with E-state index in [4.69, 9.17) is 0 Å². The fourth-order valence-electron chi connectivity index (χ4n) is 2.58. The van der Waals surface area contributed by atoms with Gasteiger partial charge in [-0.15, -0.1) is 0 Å². The topological polar surface area (TPSA) is 84.3 Å². The van der Waals surface area contributed by atoms with E-state index in [1.165, 1.54) is 12.1 Å². The largest absolute Gasteiger partial charge is 0.388 e. The third-order valence-electron chi connectivity index (χ3n) is 3.78. The highest BCUT2D eigenvalue weighted by Gasteiger charge is 2.28. The molecule has 1 aliphatic carbocycles. The van der Waals surface area contributed by atoms with Gasteiger partial charge in [-0.3, -0.25) is 14.9 Å². The zero-order chi connectivity index (χ0) is 15.4. The van der Waals surface area contributed by atoms with Crippen LogP contribution in [0.2, 0.25) is 0 Å². The Labute approximate surface area is 127 Å². The number of amides is 1. The second-order valence-electron chi connectivity index (χ2n) is 5.08. The molecule has 0 bridgehead atoms. The first-order valence-electron chi connectivity index (χ1n) is 6.85. The zero-order valence-electron chi connectivity index (χ0n) is 12.1. The molecule has 0 saturated heterocycles. The van der Waals surface area contributed by atoms with Gasteiger partial charge < -0.3 is 10.6 Å². The van der Waals surface area contributed by atoms with E-state index in [1.807, 2.05) is 0 Å². The van der Waals surface area contributed by atoms with Gasteiger partial charge in [-0.05, 0) is 37.7 Å². The Balaban J connectivity index is 2.16. The molecule has 21 heavy (non-hydrogen) atoms. The zero-order valence-corrected chi connectivity index (χ0v) is 12.9. The van der Waals surface area contributed by atoms with Crippen molar-refractivity contribution in [3.63, 3.8) is 0 Å². The van der Waals surface area contributed by atoms with Crippen LogP contribution >= 0.6 is 11.8 Å². The number of nitro benzene ring substituents is 1. The van der Waals surface area contributed by atoms with Crippen LogP contribution in [0, 0.1) is 10.1 Å². The van der Waals surface area contributed by atoms with Crippen molar-refractivity contribution in [2.75, 3.05) is 18.6 Å². The number of nitro groups is 1. The lowest BCUT2D eigenvalue weighted by atomic mass is 10.1. The van der Waals surface area contributed by atoms with E-state index >= 15 is 0 Å². The summed E-state index contributed by atoms with van der Waals surface area (Å²) in [5.74, 6) is -0.370. The Morgan fingerprint density at radius 1 is 1.43 bits per heavy atom. The molecule has 0 radical (unpaired) electrons. The maximum Gasteiger partial charge on any atom is 0.282 e. The summed E-state index contributed by atoms with van der Waals surface area (Å²) in [6.45, 7) is 0. The van der Waals surface area contributed by atoms with Gasteiger partial charge in [0.05, 0.1) is 4.92 Å². The van der Waals surface area contributed by atoms with Crippen molar-refractivity contribution in [3.8, 4) is 0 Å². The van der Waals surface area contributed by atoms with Crippen LogP contribution in [0.5, 0.6) is 0 Å². The molecule has 1 aliphatic rings. The number of nitrogens with one attached hydrogen (secondary N) is 2. The number of benzene rings is 1. The van der Waals surface area contributed by atoms with Crippen molar-refractivity contribution in [1.29, 1.82) is 0 Å². The highest BCUT2D eigenvalue weighted by atomic mass is 32.2. The van der Waals surface area contributed by atoms with Gasteiger partial charge in [-0.2, -0.15) is 11.8 Å². The van der Waals surface area contributed by atoms with Gasteiger partial charge in [-0.25, -0.2) is 0 Å². The van der Waals surface area contributed by atoms with E-state index in [-0.39, 0.29) is 23.2 Å². The molecule has 0 aliphatic heterocycles. The van der Waals surface area contributed by atoms with Crippen molar-refractivity contribution < 1.29 is 9.72 Å². The number of anilines is 1. The quantitative estimate of drug-likeness (QED) is 0.645. The Morgan fingerprint density at radius 3 is 2.76 bits per heavy atom. The molecule has 2 rings (SSSR count). The SMILES string of the molecule is CNc1ccc([N+](=O)[O-])c(C(=O)NC2CCC(SC)C2)c1. The highest BCUT2D eigenvalue weighted by Crippen LogP contribution is 2.29. The molecule has 1 fully saturated rings. The summed E-state index contributed by atoms with van der Waals surface area (Å²) in [6, 6.07) is 4.58. The summed E-state index contributed by atoms with van der Waals surface area (Å²) in [6.07, 6.45) is 4.99. The summed E-state index contributed by atoms with van der Waals surface area (Å²) in [5, 5.41) is 17.4. The molecule has 1 amide bonds. The Kier molecular flexibility index (Phi) is 5.06. The monoisotopic (exact) mass is 309 g/mol. The van der Waals surface area contributed by atoms with Crippen molar-refractivity contribution in [3.05, 3.63) is 33.9 Å². The summed E-state index contributed by atoms with van der Waals surface area (Å²) in [7, 11) is 1.71. The number of carbonyl (C=O) groups is 1. The van der Waals surface area contributed by atoms with Gasteiger partial charge in [0, 0.05) is 30.1 Å². The second-order valence-corrected chi connectivity index (χ2v) is 6.22. The molecule has 1 saturated carbocycles. The van der Waals surface area contributed by atoms with Crippen molar-refractivity contribution in [1.82, 2.24) is 5.32 Å². The van der Waals surface area contributed by atoms with E-state index < -0.39 is 4.92 Å². The van der Waals surface area contributed by atoms with Crippen LogP contribution in [-0.4, -0.2) is 35.4 Å². The fourth-order valence-corrected chi connectivity index (χ4v) is 3.38. The van der Waals surface area contributed by atoms with Gasteiger partial charge in [0.1, 0.15) is 5.56 Å². The number of thioether (sulfide) groups is 1. The number of carbonyl (C=O) groups excluding carboxylic acids is 1. The van der Waals surface area contributed by atoms with E-state index in [2.05, 4.69) is 16.9 Å². The molecule has 6 nitrogen and oxygen atoms in total. The van der Waals surface area contributed by atoms with Crippen LogP contribution in [0.4, 0.5) is 11.4 Å². The first-order chi connectivity index (χ1) is 10.0. The molecular formula is C14H19N3O3S. The summed E-state index contributed by atoms with van der Waals surface area (Å²) in [4.78, 5) is 22.9. The Hall–Kier alpha value is -1.76. The molecule has 2 unspecified atom stereocenters. The third-order valence-corrected chi connectivity index (χ3v) is 4.87. The maximum absolute atomic E-state index is 12.3. The van der Waals surface area contributed by atoms with E-state index in [9.17, 15) is 14.9 Å². The highest BCUT2D eigenvalue weighted by molar-refractivity contribution is 7.99. The first kappa shape index (κ1) is 15.6. The van der Waals surface area contributed by atoms with Crippen LogP contribution in [0.15, 0.2) is 18.2 Å². The van der Waals surface area contributed by atoms with Crippen molar-refractivity contribution in [2.45, 2.75) is 30.6 Å². The third kappa shape index (κ3) is 3.66. The number of rotatable bonds is 5. The minimum Gasteiger partial charge on any atom is -0.388 e. The molecule has 0 heterocycles. The second kappa shape index (κ2) is 6.80. The standard InChI is InChI=1S/C14H19N3O3S/c1-15-9-4-6-13(17(19)20)12(8-9)14(18)16-10-3-5-11(7-10)21-2/h4,6,8,10-11,15H,3,5,7H2,1-2H3,(H,16,18). The van der Waals surface area contributed by atoms with Crippen LogP contribution in [0.25, 0.3) is 0 Å². The van der Waals surface area contributed by atoms with Crippen LogP contribution in [-0.2, 0) is 0 Å². The van der Waals surface area contributed by atoms with E-state index in [1.54, 1.807) is 24.9 Å². The first-order valence-corrected chi connectivity index (χ1v) is 8.13. The molecule has 114 valence electrons. The van der Waals surface area contributed by atoms with E-state index in [0.717, 1.165) is 19.3 Å². The number of nitrogens with zero attached hydrogens (tertiary/aromatic N) is 1. The predicted molar refractivity (Wildman–Crippen MR) is 85.1 cm³/mol. The van der Waals surface area contributed by atoms with Gasteiger partial charge in [0.25, 0.3) is 11.6 Å². The van der Waals surface area contributed by atoms with Gasteiger partial charge in [-0.1, -0.05) is 0 Å². The van der Waals surface area contributed by atoms with Crippen LogP contribution < -0.4 is 10.6 Å². The lowest BCUT2D eigenvalue weighted by molar-refractivity contribution is -0.385. The summed E-state index contributed by atoms with van der Waals surface area (Å²) >= 11 is 1.80. The van der Waals surface area contributed by atoms with Crippen LogP contribution in [0.3, 0.4) is 0 Å². The molecule has 7 heteroatoms. The lowest BCUT2D eigenvalue weighted by Gasteiger charge is -2.13. The summed E-state index contributed by atoms with van der Waals surface area (Å²) in [5.41, 5.74) is 0.629. The molecule has 2 atom stereocenters. The summed E-state index contributed by atoms with van der Waals surface area (Å²) < 4.78 is 0. The molecule has 1 aromatic rings. The Morgan fingerprint density at radius 2 is 2.19 bits per heavy atom.